The Balaban J connectivity index is 0.000000127. The topological polar surface area (TPSA) is 260 Å². The summed E-state index contributed by atoms with van der Waals surface area (Å²) in [5.41, 5.74) is 21.0. The van der Waals surface area contributed by atoms with Crippen LogP contribution in [-0.4, -0.2) is 110 Å². The third-order valence-corrected chi connectivity index (χ3v) is 19.0. The zero-order valence-electron chi connectivity index (χ0n) is 61.2. The van der Waals surface area contributed by atoms with Crippen LogP contribution in [0.3, 0.4) is 0 Å². The molecule has 0 heterocycles. The second-order valence-electron chi connectivity index (χ2n) is 27.8. The molecule has 0 saturated carbocycles. The largest absolute Gasteiger partial charge is 0.398 e. The summed E-state index contributed by atoms with van der Waals surface area (Å²) in [7, 11) is 5.82. The molecule has 11 aromatic carbocycles. The van der Waals surface area contributed by atoms with Gasteiger partial charge in [-0.3, -0.25) is 47.9 Å². The van der Waals surface area contributed by atoms with E-state index in [9.17, 15) is 47.9 Å². The van der Waals surface area contributed by atoms with Gasteiger partial charge in [0.05, 0.1) is 39.1 Å². The molecule has 540 valence electrons. The number of ketones is 10. The Morgan fingerprint density at radius 3 is 0.944 bits per heavy atom. The summed E-state index contributed by atoms with van der Waals surface area (Å²) in [5, 5.41) is 16.3. The molecule has 0 bridgehead atoms. The summed E-state index contributed by atoms with van der Waals surface area (Å²) in [5.74, 6) is -0.166. The normalized spacial score (nSPS) is 12.9. The van der Waals surface area contributed by atoms with Crippen LogP contribution in [0.4, 0.5) is 39.8 Å². The molecule has 108 heavy (non-hydrogen) atoms. The third kappa shape index (κ3) is 15.1. The molecular weight excluding hydrogens is 1350 g/mol. The van der Waals surface area contributed by atoms with E-state index in [1.54, 1.807) is 183 Å². The van der Waals surface area contributed by atoms with Gasteiger partial charge in [-0.1, -0.05) is 215 Å². The molecule has 0 saturated heterocycles. The summed E-state index contributed by atoms with van der Waals surface area (Å²) in [6, 6.07) is 67.6. The molecule has 5 aliphatic rings. The monoisotopic (exact) mass is 1430 g/mol. The number of nitrogen functional groups attached to an aromatic ring is 1. The number of rotatable bonds is 14. The van der Waals surface area contributed by atoms with E-state index >= 15 is 0 Å². The molecule has 0 atom stereocenters. The lowest BCUT2D eigenvalue weighted by Crippen LogP contribution is -2.25. The van der Waals surface area contributed by atoms with Crippen molar-refractivity contribution in [2.45, 2.75) is 41.0 Å². The van der Waals surface area contributed by atoms with E-state index in [1.165, 1.54) is 0 Å². The zero-order chi connectivity index (χ0) is 76.6. The van der Waals surface area contributed by atoms with Crippen LogP contribution >= 0.6 is 0 Å². The van der Waals surface area contributed by atoms with E-state index in [1.807, 2.05) is 75.6 Å². The van der Waals surface area contributed by atoms with Crippen LogP contribution in [0.25, 0.3) is 0 Å². The summed E-state index contributed by atoms with van der Waals surface area (Å²) in [6.07, 6.45) is 0.953. The second kappa shape index (κ2) is 32.5. The minimum Gasteiger partial charge on any atom is -0.398 e. The second-order valence-corrected chi connectivity index (χ2v) is 27.8. The van der Waals surface area contributed by atoms with Crippen molar-refractivity contribution in [1.82, 2.24) is 4.90 Å². The number of anilines is 7. The maximum Gasteiger partial charge on any atom is 0.196 e. The first-order valence-electron chi connectivity index (χ1n) is 35.8. The number of carbonyl (C=O) groups excluding carboxylic acids is 10. The van der Waals surface area contributed by atoms with Gasteiger partial charge in [0.1, 0.15) is 0 Å². The molecule has 11 aromatic rings. The van der Waals surface area contributed by atoms with Gasteiger partial charge in [-0.15, -0.1) is 0 Å². The summed E-state index contributed by atoms with van der Waals surface area (Å²) in [6.45, 7) is 13.7. The highest BCUT2D eigenvalue weighted by molar-refractivity contribution is 6.34. The fraction of sp³-hybridized carbons (Fsp3) is 0.165. The van der Waals surface area contributed by atoms with Crippen molar-refractivity contribution in [3.63, 3.8) is 0 Å². The molecule has 17 heteroatoms. The lowest BCUT2D eigenvalue weighted by atomic mass is 9.82. The fourth-order valence-corrected chi connectivity index (χ4v) is 13.6. The minimum absolute atomic E-state index is 0.0641. The average Bonchev–Trinajstić information content (AvgIpc) is 0.766. The van der Waals surface area contributed by atoms with Crippen molar-refractivity contribution < 1.29 is 47.9 Å². The third-order valence-electron chi connectivity index (χ3n) is 19.0. The van der Waals surface area contributed by atoms with E-state index in [0.29, 0.717) is 140 Å². The molecule has 7 N–H and O–H groups in total. The molecule has 0 amide bonds. The Hall–Kier alpha value is -13.1. The molecule has 0 aliphatic heterocycles. The number of hydrogen-bond acceptors (Lipinski definition) is 17. The van der Waals surface area contributed by atoms with Crippen molar-refractivity contribution >= 4 is 97.6 Å². The van der Waals surface area contributed by atoms with E-state index in [-0.39, 0.29) is 57.8 Å². The lowest BCUT2D eigenvalue weighted by molar-refractivity contribution is 0.0979. The van der Waals surface area contributed by atoms with Crippen LogP contribution in [-0.2, 0) is 0 Å². The molecule has 0 unspecified atom stereocenters. The van der Waals surface area contributed by atoms with Gasteiger partial charge < -0.3 is 37.2 Å². The number of aryl methyl sites for hydroxylation is 1. The molecule has 0 radical (unpaired) electrons. The van der Waals surface area contributed by atoms with Crippen molar-refractivity contribution in [2.24, 2.45) is 11.8 Å². The predicted octanol–water partition coefficient (Wildman–Crippen LogP) is 16.5. The van der Waals surface area contributed by atoms with Crippen molar-refractivity contribution in [3.8, 4) is 0 Å². The summed E-state index contributed by atoms with van der Waals surface area (Å²) in [4.78, 5) is 129. The SMILES string of the molecule is CC(C)CNc1ccc(NCC(C)C)c2c1C(=O)c1ccccc1C2=O.CNc1ccc(NCCCN(C)C)c2c1C(=O)c1ccccc1C2=O.Cc1ccc(Nc2cccc3c2C(=O)c2ccccc2C3=O)cc1.Nc1cccc2c1C(=O)c1ccccc1C2=O.O=C1c2ccccc2C(=O)c2ccccc21. The highest BCUT2D eigenvalue weighted by atomic mass is 16.2. The van der Waals surface area contributed by atoms with Gasteiger partial charge in [-0.05, 0) is 94.4 Å². The van der Waals surface area contributed by atoms with Gasteiger partial charge in [-0.25, -0.2) is 0 Å². The summed E-state index contributed by atoms with van der Waals surface area (Å²) >= 11 is 0. The number of benzene rings is 11. The number of nitrogens with two attached hydrogens (primary N) is 1. The van der Waals surface area contributed by atoms with Crippen molar-refractivity contribution in [3.05, 3.63) is 347 Å². The maximum atomic E-state index is 13.2. The van der Waals surface area contributed by atoms with Crippen LogP contribution in [0.2, 0.25) is 0 Å². The number of carbonyl (C=O) groups is 10. The minimum atomic E-state index is -0.173. The Bertz CT molecular complexity index is 5300. The molecule has 17 nitrogen and oxygen atoms in total. The van der Waals surface area contributed by atoms with Gasteiger partial charge in [0.15, 0.2) is 57.8 Å². The number of hydrogen-bond donors (Lipinski definition) is 6. The fourth-order valence-electron chi connectivity index (χ4n) is 13.6. The van der Waals surface area contributed by atoms with Crippen LogP contribution in [0.15, 0.2) is 231 Å². The molecule has 0 aromatic heterocycles. The van der Waals surface area contributed by atoms with Gasteiger partial charge >= 0.3 is 0 Å². The first-order chi connectivity index (χ1) is 52.1. The first kappa shape index (κ1) is 74.6. The molecule has 0 spiro atoms. The Morgan fingerprint density at radius 1 is 0.306 bits per heavy atom. The molecule has 16 rings (SSSR count). The summed E-state index contributed by atoms with van der Waals surface area (Å²) < 4.78 is 0. The number of fused-ring (bicyclic) bond motifs is 10. The molecule has 5 aliphatic carbocycles. The van der Waals surface area contributed by atoms with Gasteiger partial charge in [0.25, 0.3) is 0 Å². The van der Waals surface area contributed by atoms with Gasteiger partial charge in [0.2, 0.25) is 0 Å². The number of nitrogens with zero attached hydrogens (tertiary/aromatic N) is 1. The van der Waals surface area contributed by atoms with E-state index in [2.05, 4.69) is 59.2 Å². The lowest BCUT2D eigenvalue weighted by Gasteiger charge is -2.24. The van der Waals surface area contributed by atoms with Crippen LogP contribution in [0.5, 0.6) is 0 Å². The van der Waals surface area contributed by atoms with Crippen LogP contribution in [0, 0.1) is 18.8 Å². The smallest absolute Gasteiger partial charge is 0.196 e. The highest BCUT2D eigenvalue weighted by Crippen LogP contribution is 2.40. The Kier molecular flexibility index (Phi) is 22.4. The maximum absolute atomic E-state index is 13.2. The Labute approximate surface area is 627 Å². The predicted molar refractivity (Wildman–Crippen MR) is 425 cm³/mol. The zero-order valence-corrected chi connectivity index (χ0v) is 61.2. The average molecular weight is 1430 g/mol. The van der Waals surface area contributed by atoms with Gasteiger partial charge in [-0.2, -0.15) is 0 Å². The van der Waals surface area contributed by atoms with Gasteiger partial charge in [0, 0.05) is 139 Å². The molecular formula is C91H81N7O10. The quantitative estimate of drug-likeness (QED) is 0.0437. The van der Waals surface area contributed by atoms with Crippen molar-refractivity contribution in [1.29, 1.82) is 0 Å². The molecule has 0 fully saturated rings. The highest BCUT2D eigenvalue weighted by Gasteiger charge is 2.37. The van der Waals surface area contributed by atoms with E-state index < -0.39 is 0 Å². The first-order valence-corrected chi connectivity index (χ1v) is 35.8. The van der Waals surface area contributed by atoms with E-state index in [0.717, 1.165) is 60.9 Å². The van der Waals surface area contributed by atoms with Crippen molar-refractivity contribution in [2.75, 3.05) is 79.6 Å². The van der Waals surface area contributed by atoms with Crippen LogP contribution < -0.4 is 32.3 Å². The van der Waals surface area contributed by atoms with E-state index in [4.69, 9.17) is 5.73 Å². The van der Waals surface area contributed by atoms with Crippen LogP contribution in [0.1, 0.15) is 199 Å². The number of nitrogens with one attached hydrogen (secondary N) is 5. The standard InChI is InChI=1S/C22H26N2O2.C21H15NO2.C20H23N3O2.C14H9NO2.C14H8O2/c1-13(2)11-23-17-9-10-18(24-12-14(3)4)20-19(17)21(25)15-7-5-6-8-16(15)22(20)26;1-13-9-11-14(12-10-13)22-18-8-4-7-17-19(18)21(24)16-6-3-2-5-15(16)20(17)23;1-21-15-9-10-16(22-11-6-12-23(2)3)18-17(15)19(24)13-7-4-5-8-14(13)20(18)25;15-11-7-3-6-10-12(11)14(17)9-5-2-1-4-8(9)13(10)16;15-13-9-5-1-2-6-10(9)14(16)12-8-4-3-7-11(12)13/h5-10,13-14,23-24H,11-12H2,1-4H3;2-12,22H,1H3;4-5,7-10,21-22H,6,11-12H2,1-3H3;1-7H,15H2;1-8H. The Morgan fingerprint density at radius 2 is 0.593 bits per heavy atom.